The molecule has 6 heteroatoms. The number of benzene rings is 2. The van der Waals surface area contributed by atoms with Crippen LogP contribution in [0.3, 0.4) is 0 Å². The molecule has 0 aliphatic carbocycles. The van der Waals surface area contributed by atoms with Gasteiger partial charge in [-0.05, 0) is 59.3 Å². The first-order chi connectivity index (χ1) is 10.8. The predicted octanol–water partition coefficient (Wildman–Crippen LogP) is 2.88. The topological polar surface area (TPSA) is 79.0 Å². The molecule has 0 fully saturated rings. The van der Waals surface area contributed by atoms with Crippen molar-refractivity contribution in [3.05, 3.63) is 64.4 Å². The van der Waals surface area contributed by atoms with Crippen molar-refractivity contribution in [2.75, 3.05) is 11.0 Å². The number of pyridine rings is 1. The summed E-state index contributed by atoms with van der Waals surface area (Å²) < 4.78 is 24.9. The molecule has 0 saturated heterocycles. The highest BCUT2D eigenvalue weighted by Gasteiger charge is 2.06. The third-order valence-electron chi connectivity index (χ3n) is 3.55. The average Bonchev–Trinajstić information content (AvgIpc) is 2.47. The maximum absolute atomic E-state index is 11.4. The third-order valence-corrected chi connectivity index (χ3v) is 4.16. The molecule has 1 heterocycles. The zero-order valence-corrected chi connectivity index (χ0v) is 13.6. The summed E-state index contributed by atoms with van der Waals surface area (Å²) in [6, 6.07) is 14.5. The molecule has 3 aromatic rings. The van der Waals surface area contributed by atoms with Crippen molar-refractivity contribution >= 4 is 26.6 Å². The lowest BCUT2D eigenvalue weighted by Gasteiger charge is -2.09. The Kier molecular flexibility index (Phi) is 3.69. The van der Waals surface area contributed by atoms with E-state index in [9.17, 15) is 13.2 Å². The second-order valence-corrected chi connectivity index (χ2v) is 7.28. The van der Waals surface area contributed by atoms with Crippen molar-refractivity contribution in [1.82, 2.24) is 4.98 Å². The number of anilines is 1. The number of aryl methyl sites for hydroxylation is 1. The lowest BCUT2D eigenvalue weighted by molar-refractivity contribution is 0.607. The van der Waals surface area contributed by atoms with Crippen LogP contribution in [-0.2, 0) is 10.0 Å². The summed E-state index contributed by atoms with van der Waals surface area (Å²) >= 11 is 0. The monoisotopic (exact) mass is 328 g/mol. The zero-order chi connectivity index (χ0) is 16.6. The van der Waals surface area contributed by atoms with Crippen LogP contribution in [0.1, 0.15) is 5.56 Å². The van der Waals surface area contributed by atoms with Gasteiger partial charge in [0.25, 0.3) is 0 Å². The Balaban J connectivity index is 2.03. The number of H-pyrrole nitrogens is 1. The summed E-state index contributed by atoms with van der Waals surface area (Å²) in [6.45, 7) is 1.95. The van der Waals surface area contributed by atoms with E-state index in [-0.39, 0.29) is 5.56 Å². The van der Waals surface area contributed by atoms with Crippen LogP contribution in [0.25, 0.3) is 22.0 Å². The van der Waals surface area contributed by atoms with Gasteiger partial charge in [0, 0.05) is 11.8 Å². The van der Waals surface area contributed by atoms with E-state index in [1.54, 1.807) is 18.2 Å². The Morgan fingerprint density at radius 1 is 0.957 bits per heavy atom. The van der Waals surface area contributed by atoms with Crippen molar-refractivity contribution in [2.45, 2.75) is 6.92 Å². The maximum Gasteiger partial charge on any atom is 0.248 e. The molecule has 3 rings (SSSR count). The van der Waals surface area contributed by atoms with Gasteiger partial charge in [-0.15, -0.1) is 0 Å². The first-order valence-corrected chi connectivity index (χ1v) is 8.93. The fraction of sp³-hybridized carbons (Fsp3) is 0.118. The summed E-state index contributed by atoms with van der Waals surface area (Å²) in [6.07, 6.45) is 1.12. The molecule has 2 N–H and O–H groups in total. The molecule has 23 heavy (non-hydrogen) atoms. The SMILES string of the molecule is Cc1cc(-c2ccc(NS(C)(=O)=O)cc2)cc2ccc(=O)[nH]c12. The van der Waals surface area contributed by atoms with E-state index in [2.05, 4.69) is 9.71 Å². The van der Waals surface area contributed by atoms with Gasteiger partial charge in [0.15, 0.2) is 0 Å². The van der Waals surface area contributed by atoms with Gasteiger partial charge in [-0.2, -0.15) is 0 Å². The molecule has 0 saturated carbocycles. The predicted molar refractivity (Wildman–Crippen MR) is 93.2 cm³/mol. The first-order valence-electron chi connectivity index (χ1n) is 7.04. The minimum Gasteiger partial charge on any atom is -0.322 e. The highest BCUT2D eigenvalue weighted by atomic mass is 32.2. The molecular weight excluding hydrogens is 312 g/mol. The highest BCUT2D eigenvalue weighted by molar-refractivity contribution is 7.92. The standard InChI is InChI=1S/C17H16N2O3S/c1-11-9-14(10-13-5-8-16(20)18-17(11)13)12-3-6-15(7-4-12)19-23(2,21)22/h3-10,19H,1-2H3,(H,18,20). The molecule has 5 nitrogen and oxygen atoms in total. The molecule has 0 unspecified atom stereocenters. The van der Waals surface area contributed by atoms with Gasteiger partial charge in [-0.3, -0.25) is 9.52 Å². The number of hydrogen-bond donors (Lipinski definition) is 2. The fourth-order valence-electron chi connectivity index (χ4n) is 2.56. The molecule has 118 valence electrons. The van der Waals surface area contributed by atoms with Crippen molar-refractivity contribution in [3.8, 4) is 11.1 Å². The van der Waals surface area contributed by atoms with Crippen LogP contribution < -0.4 is 10.3 Å². The van der Waals surface area contributed by atoms with Crippen molar-refractivity contribution in [2.24, 2.45) is 0 Å². The summed E-state index contributed by atoms with van der Waals surface area (Å²) in [4.78, 5) is 14.3. The Bertz CT molecular complexity index is 1040. The largest absolute Gasteiger partial charge is 0.322 e. The molecule has 2 aromatic carbocycles. The molecule has 1 aromatic heterocycles. The van der Waals surface area contributed by atoms with Crippen molar-refractivity contribution < 1.29 is 8.42 Å². The van der Waals surface area contributed by atoms with Crippen molar-refractivity contribution in [1.29, 1.82) is 0 Å². The number of nitrogens with one attached hydrogen (secondary N) is 2. The summed E-state index contributed by atoms with van der Waals surface area (Å²) in [7, 11) is -3.28. The third kappa shape index (κ3) is 3.43. The number of fused-ring (bicyclic) bond motifs is 1. The molecule has 0 spiro atoms. The minimum atomic E-state index is -3.28. The van der Waals surface area contributed by atoms with Crippen molar-refractivity contribution in [3.63, 3.8) is 0 Å². The lowest BCUT2D eigenvalue weighted by atomic mass is 10.00. The van der Waals surface area contributed by atoms with Crippen LogP contribution in [0.15, 0.2) is 53.3 Å². The summed E-state index contributed by atoms with van der Waals surface area (Å²) in [5.74, 6) is 0. The van der Waals surface area contributed by atoms with Gasteiger partial charge < -0.3 is 4.98 Å². The van der Waals surface area contributed by atoms with Gasteiger partial charge in [-0.25, -0.2) is 8.42 Å². The number of aromatic nitrogens is 1. The Labute approximate surface area is 134 Å². The molecule has 0 aliphatic rings. The van der Waals surface area contributed by atoms with Crippen LogP contribution in [0.4, 0.5) is 5.69 Å². The van der Waals surface area contributed by atoms with Gasteiger partial charge in [0.2, 0.25) is 15.6 Å². The van der Waals surface area contributed by atoms with Crippen LogP contribution in [0, 0.1) is 6.92 Å². The number of hydrogen-bond acceptors (Lipinski definition) is 3. The minimum absolute atomic E-state index is 0.121. The normalized spacial score (nSPS) is 11.6. The van der Waals surface area contributed by atoms with Gasteiger partial charge in [0.05, 0.1) is 11.8 Å². The van der Waals surface area contributed by atoms with Gasteiger partial charge in [-0.1, -0.05) is 12.1 Å². The second-order valence-electron chi connectivity index (χ2n) is 5.53. The van der Waals surface area contributed by atoms with E-state index in [0.717, 1.165) is 33.8 Å². The fourth-order valence-corrected chi connectivity index (χ4v) is 3.12. The second kappa shape index (κ2) is 5.55. The Morgan fingerprint density at radius 3 is 2.30 bits per heavy atom. The number of rotatable bonds is 3. The van der Waals surface area contributed by atoms with E-state index in [1.807, 2.05) is 31.2 Å². The maximum atomic E-state index is 11.4. The van der Waals surface area contributed by atoms with E-state index < -0.39 is 10.0 Å². The van der Waals surface area contributed by atoms with Crippen LogP contribution >= 0.6 is 0 Å². The van der Waals surface area contributed by atoms with E-state index >= 15 is 0 Å². The molecule has 0 radical (unpaired) electrons. The Morgan fingerprint density at radius 2 is 1.65 bits per heavy atom. The number of sulfonamides is 1. The highest BCUT2D eigenvalue weighted by Crippen LogP contribution is 2.27. The van der Waals surface area contributed by atoms with Crippen LogP contribution in [0.5, 0.6) is 0 Å². The molecule has 0 atom stereocenters. The van der Waals surface area contributed by atoms with Crippen LogP contribution in [-0.4, -0.2) is 19.7 Å². The quantitative estimate of drug-likeness (QED) is 0.776. The molecule has 0 amide bonds. The summed E-state index contributed by atoms with van der Waals surface area (Å²) in [5.41, 5.74) is 4.20. The molecular formula is C17H16N2O3S. The van der Waals surface area contributed by atoms with Crippen LogP contribution in [0.2, 0.25) is 0 Å². The zero-order valence-electron chi connectivity index (χ0n) is 12.8. The summed E-state index contributed by atoms with van der Waals surface area (Å²) in [5, 5.41) is 0.956. The van der Waals surface area contributed by atoms with Gasteiger partial charge >= 0.3 is 0 Å². The van der Waals surface area contributed by atoms with E-state index in [4.69, 9.17) is 0 Å². The van der Waals surface area contributed by atoms with E-state index in [1.165, 1.54) is 6.07 Å². The Hall–Kier alpha value is -2.60. The van der Waals surface area contributed by atoms with E-state index in [0.29, 0.717) is 5.69 Å². The van der Waals surface area contributed by atoms with Gasteiger partial charge in [0.1, 0.15) is 0 Å². The lowest BCUT2D eigenvalue weighted by Crippen LogP contribution is -2.09. The number of aromatic amines is 1. The average molecular weight is 328 g/mol. The molecule has 0 bridgehead atoms. The first kappa shape index (κ1) is 15.3. The smallest absolute Gasteiger partial charge is 0.248 e. The molecule has 0 aliphatic heterocycles.